The van der Waals surface area contributed by atoms with Crippen LogP contribution in [0.5, 0.6) is 0 Å². The van der Waals surface area contributed by atoms with Gasteiger partial charge in [-0.25, -0.2) is 10.2 Å². The minimum Gasteiger partial charge on any atom is -0.465 e. The van der Waals surface area contributed by atoms with Gasteiger partial charge in [-0.3, -0.25) is 9.59 Å². The first kappa shape index (κ1) is 16.2. The Labute approximate surface area is 132 Å². The Hall–Kier alpha value is -3.22. The molecule has 0 aliphatic carbocycles. The maximum absolute atomic E-state index is 11.8. The van der Waals surface area contributed by atoms with Gasteiger partial charge in [-0.05, 0) is 12.1 Å². The SMILES string of the molecule is COC(=O)c1ccccc1/C=N\NC(=O)Cn1ccccc1=O. The highest BCUT2D eigenvalue weighted by molar-refractivity contribution is 5.99. The zero-order valence-corrected chi connectivity index (χ0v) is 12.4. The van der Waals surface area contributed by atoms with Crippen LogP contribution in [0.15, 0.2) is 58.6 Å². The smallest absolute Gasteiger partial charge is 0.338 e. The van der Waals surface area contributed by atoms with E-state index in [4.69, 9.17) is 0 Å². The van der Waals surface area contributed by atoms with Gasteiger partial charge < -0.3 is 9.30 Å². The molecule has 0 spiro atoms. The molecule has 2 rings (SSSR count). The van der Waals surface area contributed by atoms with Gasteiger partial charge in [0.15, 0.2) is 0 Å². The molecule has 0 fully saturated rings. The number of hydrogen-bond acceptors (Lipinski definition) is 5. The second-order valence-electron chi connectivity index (χ2n) is 4.54. The zero-order valence-electron chi connectivity index (χ0n) is 12.4. The molecule has 0 bridgehead atoms. The molecule has 0 saturated carbocycles. The summed E-state index contributed by atoms with van der Waals surface area (Å²) >= 11 is 0. The molecule has 1 N–H and O–H groups in total. The number of carbonyl (C=O) groups is 2. The first-order valence-corrected chi connectivity index (χ1v) is 6.76. The molecule has 0 saturated heterocycles. The van der Waals surface area contributed by atoms with E-state index in [0.29, 0.717) is 11.1 Å². The van der Waals surface area contributed by atoms with Crippen molar-refractivity contribution < 1.29 is 14.3 Å². The van der Waals surface area contributed by atoms with Crippen LogP contribution >= 0.6 is 0 Å². The Morgan fingerprint density at radius 2 is 1.96 bits per heavy atom. The average molecular weight is 313 g/mol. The molecule has 0 radical (unpaired) electrons. The van der Waals surface area contributed by atoms with Gasteiger partial charge in [-0.15, -0.1) is 0 Å². The molecule has 7 heteroatoms. The van der Waals surface area contributed by atoms with Gasteiger partial charge in [0.2, 0.25) is 0 Å². The van der Waals surface area contributed by atoms with E-state index in [2.05, 4.69) is 15.3 Å². The first-order chi connectivity index (χ1) is 11.1. The number of benzene rings is 1. The second-order valence-corrected chi connectivity index (χ2v) is 4.54. The predicted octanol–water partition coefficient (Wildman–Crippen LogP) is 0.785. The number of nitrogens with zero attached hydrogens (tertiary/aromatic N) is 2. The summed E-state index contributed by atoms with van der Waals surface area (Å²) in [6.45, 7) is -0.143. The molecule has 0 atom stereocenters. The number of hydrazone groups is 1. The van der Waals surface area contributed by atoms with Crippen LogP contribution in [0.3, 0.4) is 0 Å². The molecular weight excluding hydrogens is 298 g/mol. The van der Waals surface area contributed by atoms with Crippen molar-refractivity contribution >= 4 is 18.1 Å². The molecule has 118 valence electrons. The fraction of sp³-hybridized carbons (Fsp3) is 0.125. The molecular formula is C16H15N3O4. The quantitative estimate of drug-likeness (QED) is 0.502. The minimum atomic E-state index is -0.491. The standard InChI is InChI=1S/C16H15N3O4/c1-23-16(22)13-7-3-2-6-12(13)10-17-18-14(20)11-19-9-5-4-8-15(19)21/h2-10H,11H2,1H3,(H,18,20)/b17-10-. The fourth-order valence-corrected chi connectivity index (χ4v) is 1.86. The topological polar surface area (TPSA) is 89.8 Å². The Balaban J connectivity index is 2.02. The summed E-state index contributed by atoms with van der Waals surface area (Å²) in [6.07, 6.45) is 2.86. The molecule has 0 unspecified atom stereocenters. The summed E-state index contributed by atoms with van der Waals surface area (Å²) in [7, 11) is 1.29. The van der Waals surface area contributed by atoms with Crippen molar-refractivity contribution in [2.24, 2.45) is 5.10 Å². The summed E-state index contributed by atoms with van der Waals surface area (Å²) in [5.41, 5.74) is 2.89. The maximum Gasteiger partial charge on any atom is 0.338 e. The van der Waals surface area contributed by atoms with Crippen molar-refractivity contribution in [2.45, 2.75) is 6.54 Å². The average Bonchev–Trinajstić information content (AvgIpc) is 2.57. The number of hydrogen-bond donors (Lipinski definition) is 1. The van der Waals surface area contributed by atoms with E-state index in [1.165, 1.54) is 30.2 Å². The number of ether oxygens (including phenoxy) is 1. The highest BCUT2D eigenvalue weighted by atomic mass is 16.5. The van der Waals surface area contributed by atoms with Gasteiger partial charge in [0, 0.05) is 17.8 Å². The maximum atomic E-state index is 11.8. The van der Waals surface area contributed by atoms with E-state index in [-0.39, 0.29) is 12.1 Å². The lowest BCUT2D eigenvalue weighted by molar-refractivity contribution is -0.121. The Kier molecular flexibility index (Phi) is 5.40. The lowest BCUT2D eigenvalue weighted by atomic mass is 10.1. The molecule has 1 aromatic carbocycles. The third kappa shape index (κ3) is 4.37. The van der Waals surface area contributed by atoms with Crippen LogP contribution < -0.4 is 11.0 Å². The highest BCUT2D eigenvalue weighted by Gasteiger charge is 2.09. The third-order valence-electron chi connectivity index (χ3n) is 2.97. The molecule has 23 heavy (non-hydrogen) atoms. The van der Waals surface area contributed by atoms with Gasteiger partial charge in [0.25, 0.3) is 11.5 Å². The van der Waals surface area contributed by atoms with E-state index in [1.807, 2.05) is 0 Å². The molecule has 7 nitrogen and oxygen atoms in total. The number of rotatable bonds is 5. The van der Waals surface area contributed by atoms with Crippen LogP contribution in [0.4, 0.5) is 0 Å². The van der Waals surface area contributed by atoms with Crippen LogP contribution in [0.25, 0.3) is 0 Å². The van der Waals surface area contributed by atoms with Gasteiger partial charge in [0.05, 0.1) is 18.9 Å². The minimum absolute atomic E-state index is 0.143. The van der Waals surface area contributed by atoms with Crippen LogP contribution in [0.1, 0.15) is 15.9 Å². The largest absolute Gasteiger partial charge is 0.465 e. The molecule has 2 aromatic rings. The van der Waals surface area contributed by atoms with E-state index >= 15 is 0 Å². The summed E-state index contributed by atoms with van der Waals surface area (Å²) < 4.78 is 5.93. The number of aromatic nitrogens is 1. The van der Waals surface area contributed by atoms with Gasteiger partial charge >= 0.3 is 5.97 Å². The predicted molar refractivity (Wildman–Crippen MR) is 84.2 cm³/mol. The third-order valence-corrected chi connectivity index (χ3v) is 2.97. The van der Waals surface area contributed by atoms with Crippen molar-refractivity contribution in [3.05, 3.63) is 70.1 Å². The van der Waals surface area contributed by atoms with Crippen molar-refractivity contribution in [1.82, 2.24) is 9.99 Å². The Morgan fingerprint density at radius 1 is 1.22 bits per heavy atom. The number of carbonyl (C=O) groups excluding carboxylic acids is 2. The van der Waals surface area contributed by atoms with Gasteiger partial charge in [-0.1, -0.05) is 24.3 Å². The van der Waals surface area contributed by atoms with Gasteiger partial charge in [0.1, 0.15) is 6.54 Å². The first-order valence-electron chi connectivity index (χ1n) is 6.76. The van der Waals surface area contributed by atoms with Crippen molar-refractivity contribution in [3.8, 4) is 0 Å². The monoisotopic (exact) mass is 313 g/mol. The summed E-state index contributed by atoms with van der Waals surface area (Å²) in [4.78, 5) is 34.9. The van der Waals surface area contributed by atoms with Crippen molar-refractivity contribution in [1.29, 1.82) is 0 Å². The molecule has 0 aliphatic heterocycles. The summed E-state index contributed by atoms with van der Waals surface area (Å²) in [5, 5.41) is 3.80. The van der Waals surface area contributed by atoms with Gasteiger partial charge in [-0.2, -0.15) is 5.10 Å². The number of esters is 1. The van der Waals surface area contributed by atoms with Crippen molar-refractivity contribution in [2.75, 3.05) is 7.11 Å². The summed E-state index contributed by atoms with van der Waals surface area (Å²) in [6, 6.07) is 11.3. The lowest BCUT2D eigenvalue weighted by Crippen LogP contribution is -2.29. The second kappa shape index (κ2) is 7.69. The zero-order chi connectivity index (χ0) is 16.7. The molecule has 0 aliphatic rings. The fourth-order valence-electron chi connectivity index (χ4n) is 1.86. The molecule has 1 heterocycles. The number of methoxy groups -OCH3 is 1. The molecule has 1 amide bonds. The van der Waals surface area contributed by atoms with Crippen LogP contribution in [-0.2, 0) is 16.1 Å². The highest BCUT2D eigenvalue weighted by Crippen LogP contribution is 2.07. The van der Waals surface area contributed by atoms with Crippen LogP contribution in [0, 0.1) is 0 Å². The lowest BCUT2D eigenvalue weighted by Gasteiger charge is -2.04. The normalized spacial score (nSPS) is 10.5. The van der Waals surface area contributed by atoms with E-state index in [1.54, 1.807) is 36.4 Å². The van der Waals surface area contributed by atoms with E-state index in [9.17, 15) is 14.4 Å². The number of pyridine rings is 1. The van der Waals surface area contributed by atoms with Crippen LogP contribution in [0.2, 0.25) is 0 Å². The van der Waals surface area contributed by atoms with Crippen molar-refractivity contribution in [3.63, 3.8) is 0 Å². The number of amides is 1. The van der Waals surface area contributed by atoms with E-state index < -0.39 is 11.9 Å². The number of nitrogens with one attached hydrogen (secondary N) is 1. The van der Waals surface area contributed by atoms with Crippen LogP contribution in [-0.4, -0.2) is 29.8 Å². The Morgan fingerprint density at radius 3 is 2.70 bits per heavy atom. The summed E-state index contributed by atoms with van der Waals surface area (Å²) in [5.74, 6) is -0.945. The Bertz CT molecular complexity index is 796. The van der Waals surface area contributed by atoms with E-state index in [0.717, 1.165) is 0 Å². The molecule has 1 aromatic heterocycles.